The first kappa shape index (κ1) is 20.0. The lowest BCUT2D eigenvalue weighted by Crippen LogP contribution is -2.36. The second kappa shape index (κ2) is 9.31. The van der Waals surface area contributed by atoms with Crippen LogP contribution in [0, 0.1) is 6.92 Å². The minimum Gasteiger partial charge on any atom is -0.465 e. The quantitative estimate of drug-likeness (QED) is 0.294. The molecular formula is C19H34O3Si. The molecule has 1 atom stereocenters. The number of ether oxygens (including phenoxy) is 1. The van der Waals surface area contributed by atoms with Gasteiger partial charge in [-0.3, -0.25) is 0 Å². The molecule has 0 aliphatic heterocycles. The fourth-order valence-electron chi connectivity index (χ4n) is 3.26. The predicted molar refractivity (Wildman–Crippen MR) is 98.9 cm³/mol. The number of unbranched alkanes of at least 4 members (excludes halogenated alkanes) is 2. The summed E-state index contributed by atoms with van der Waals surface area (Å²) in [5.74, 6) is 1.45. The van der Waals surface area contributed by atoms with Gasteiger partial charge in [0.05, 0.1) is 14.7 Å². The summed E-state index contributed by atoms with van der Waals surface area (Å²) in [6.45, 7) is 13.4. The maximum Gasteiger partial charge on any atom is 0.341 e. The van der Waals surface area contributed by atoms with Crippen LogP contribution in [0.4, 0.5) is 0 Å². The number of carbonyl (C=O) groups excluding carboxylic acids is 1. The van der Waals surface area contributed by atoms with Crippen molar-refractivity contribution in [2.24, 2.45) is 0 Å². The van der Waals surface area contributed by atoms with Crippen molar-refractivity contribution in [3.8, 4) is 0 Å². The zero-order valence-electron chi connectivity index (χ0n) is 15.8. The van der Waals surface area contributed by atoms with Crippen LogP contribution >= 0.6 is 0 Å². The second-order valence-electron chi connectivity index (χ2n) is 6.75. The SMILES string of the molecule is CCCCCC(c1cc(C(=O)OCC)c(C)o1)[Si](C)(CC)CC. The number of hydrogen-bond acceptors (Lipinski definition) is 3. The Balaban J connectivity index is 3.11. The molecular weight excluding hydrogens is 304 g/mol. The Kier molecular flexibility index (Phi) is 8.10. The van der Waals surface area contributed by atoms with Crippen molar-refractivity contribution in [1.82, 2.24) is 0 Å². The third-order valence-corrected chi connectivity index (χ3v) is 10.8. The standard InChI is InChI=1S/C19H34O3Si/c1-7-11-12-13-18(23(6,9-3)10-4)17-14-16(15(5)22-17)19(20)21-8-2/h14,18H,7-13H2,1-6H3. The van der Waals surface area contributed by atoms with Gasteiger partial charge in [-0.2, -0.15) is 0 Å². The Hall–Kier alpha value is -1.03. The van der Waals surface area contributed by atoms with Crippen LogP contribution in [0.25, 0.3) is 0 Å². The second-order valence-corrected chi connectivity index (χ2v) is 12.2. The van der Waals surface area contributed by atoms with Gasteiger partial charge in [-0.1, -0.05) is 58.7 Å². The summed E-state index contributed by atoms with van der Waals surface area (Å²) in [6.07, 6.45) is 4.90. The van der Waals surface area contributed by atoms with Crippen molar-refractivity contribution in [2.75, 3.05) is 6.61 Å². The Morgan fingerprint density at radius 3 is 2.39 bits per heavy atom. The number of carbonyl (C=O) groups is 1. The zero-order valence-corrected chi connectivity index (χ0v) is 16.8. The van der Waals surface area contributed by atoms with Crippen molar-refractivity contribution in [1.29, 1.82) is 0 Å². The van der Waals surface area contributed by atoms with Crippen LogP contribution in [-0.4, -0.2) is 20.7 Å². The van der Waals surface area contributed by atoms with Crippen LogP contribution in [-0.2, 0) is 4.74 Å². The number of esters is 1. The predicted octanol–water partition coefficient (Wildman–Crippen LogP) is 6.09. The molecule has 1 aromatic rings. The molecule has 0 spiro atoms. The van der Waals surface area contributed by atoms with Gasteiger partial charge in [-0.05, 0) is 26.3 Å². The highest BCUT2D eigenvalue weighted by Gasteiger charge is 2.36. The first-order chi connectivity index (χ1) is 10.9. The molecule has 0 aromatic carbocycles. The molecule has 4 heteroatoms. The van der Waals surface area contributed by atoms with Gasteiger partial charge in [0, 0.05) is 5.54 Å². The lowest BCUT2D eigenvalue weighted by molar-refractivity contribution is 0.0524. The van der Waals surface area contributed by atoms with Crippen molar-refractivity contribution in [3.05, 3.63) is 23.2 Å². The van der Waals surface area contributed by atoms with Crippen LogP contribution in [0.3, 0.4) is 0 Å². The minimum absolute atomic E-state index is 0.260. The maximum absolute atomic E-state index is 12.1. The normalized spacial score (nSPS) is 13.1. The van der Waals surface area contributed by atoms with Crippen LogP contribution in [0.1, 0.15) is 80.8 Å². The summed E-state index contributed by atoms with van der Waals surface area (Å²) in [5, 5.41) is 0. The molecule has 1 aromatic heterocycles. The van der Waals surface area contributed by atoms with Crippen LogP contribution in [0.2, 0.25) is 18.6 Å². The van der Waals surface area contributed by atoms with Crippen molar-refractivity contribution >= 4 is 14.0 Å². The fraction of sp³-hybridized carbons (Fsp3) is 0.737. The molecule has 1 unspecified atom stereocenters. The fourth-order valence-corrected chi connectivity index (χ4v) is 6.48. The van der Waals surface area contributed by atoms with Gasteiger partial charge in [0.25, 0.3) is 0 Å². The molecule has 0 N–H and O–H groups in total. The zero-order chi connectivity index (χ0) is 17.5. The van der Waals surface area contributed by atoms with Crippen LogP contribution in [0.5, 0.6) is 0 Å². The largest absolute Gasteiger partial charge is 0.465 e. The highest BCUT2D eigenvalue weighted by Crippen LogP contribution is 2.38. The summed E-state index contributed by atoms with van der Waals surface area (Å²) in [4.78, 5) is 12.1. The third kappa shape index (κ3) is 4.97. The van der Waals surface area contributed by atoms with Crippen LogP contribution < -0.4 is 0 Å². The van der Waals surface area contributed by atoms with E-state index in [4.69, 9.17) is 9.15 Å². The van der Waals surface area contributed by atoms with E-state index in [0.29, 0.717) is 23.5 Å². The summed E-state index contributed by atoms with van der Waals surface area (Å²) >= 11 is 0. The van der Waals surface area contributed by atoms with Gasteiger partial charge in [0.2, 0.25) is 0 Å². The molecule has 0 saturated heterocycles. The summed E-state index contributed by atoms with van der Waals surface area (Å²) in [6, 6.07) is 4.45. The van der Waals surface area contributed by atoms with Crippen molar-refractivity contribution in [2.45, 2.75) is 84.5 Å². The molecule has 0 aliphatic carbocycles. The highest BCUT2D eigenvalue weighted by atomic mass is 28.3. The number of aryl methyl sites for hydroxylation is 1. The Labute approximate surface area is 142 Å². The Morgan fingerprint density at radius 1 is 1.22 bits per heavy atom. The molecule has 0 fully saturated rings. The van der Waals surface area contributed by atoms with E-state index in [1.165, 1.54) is 37.8 Å². The molecule has 0 saturated carbocycles. The van der Waals surface area contributed by atoms with Gasteiger partial charge < -0.3 is 9.15 Å². The third-order valence-electron chi connectivity index (χ3n) is 5.33. The highest BCUT2D eigenvalue weighted by molar-refractivity contribution is 6.79. The van der Waals surface area contributed by atoms with E-state index >= 15 is 0 Å². The number of rotatable bonds is 10. The molecule has 23 heavy (non-hydrogen) atoms. The first-order valence-electron chi connectivity index (χ1n) is 9.20. The molecule has 0 aliphatic rings. The van der Waals surface area contributed by atoms with E-state index < -0.39 is 8.07 Å². The number of hydrogen-bond donors (Lipinski definition) is 0. The Morgan fingerprint density at radius 2 is 1.87 bits per heavy atom. The van der Waals surface area contributed by atoms with Crippen molar-refractivity contribution in [3.63, 3.8) is 0 Å². The van der Waals surface area contributed by atoms with Crippen LogP contribution in [0.15, 0.2) is 10.5 Å². The molecule has 0 amide bonds. The molecule has 3 nitrogen and oxygen atoms in total. The molecule has 0 radical (unpaired) electrons. The smallest absolute Gasteiger partial charge is 0.341 e. The molecule has 132 valence electrons. The van der Waals surface area contributed by atoms with E-state index in [9.17, 15) is 4.79 Å². The van der Waals surface area contributed by atoms with Gasteiger partial charge in [0.15, 0.2) is 0 Å². The van der Waals surface area contributed by atoms with E-state index in [0.717, 1.165) is 5.76 Å². The van der Waals surface area contributed by atoms with Gasteiger partial charge in [0.1, 0.15) is 17.1 Å². The molecule has 1 heterocycles. The lowest BCUT2D eigenvalue weighted by atomic mass is 10.1. The van der Waals surface area contributed by atoms with E-state index in [1.54, 1.807) is 0 Å². The van der Waals surface area contributed by atoms with Crippen molar-refractivity contribution < 1.29 is 13.9 Å². The number of furan rings is 1. The molecule has 1 rings (SSSR count). The summed E-state index contributed by atoms with van der Waals surface area (Å²) in [7, 11) is -1.43. The molecule has 0 bridgehead atoms. The topological polar surface area (TPSA) is 39.4 Å². The maximum atomic E-state index is 12.1. The van der Waals surface area contributed by atoms with E-state index in [1.807, 2.05) is 19.9 Å². The van der Waals surface area contributed by atoms with E-state index in [2.05, 4.69) is 27.3 Å². The lowest BCUT2D eigenvalue weighted by Gasteiger charge is -2.33. The van der Waals surface area contributed by atoms with Gasteiger partial charge in [-0.15, -0.1) is 0 Å². The average molecular weight is 339 g/mol. The minimum atomic E-state index is -1.43. The van der Waals surface area contributed by atoms with Gasteiger partial charge >= 0.3 is 5.97 Å². The summed E-state index contributed by atoms with van der Waals surface area (Å²) < 4.78 is 11.2. The average Bonchev–Trinajstić information content (AvgIpc) is 2.92. The first-order valence-corrected chi connectivity index (χ1v) is 12.2. The van der Waals surface area contributed by atoms with Gasteiger partial charge in [-0.25, -0.2) is 4.79 Å². The van der Waals surface area contributed by atoms with E-state index in [-0.39, 0.29) is 5.97 Å². The summed E-state index contributed by atoms with van der Waals surface area (Å²) in [5.41, 5.74) is 1.09. The monoisotopic (exact) mass is 338 g/mol. The Bertz CT molecular complexity index is 489.